The van der Waals surface area contributed by atoms with Gasteiger partial charge in [-0.05, 0) is 35.5 Å². The van der Waals surface area contributed by atoms with Crippen LogP contribution in [0.15, 0.2) is 63.6 Å². The molecule has 136 valence electrons. The van der Waals surface area contributed by atoms with Crippen molar-refractivity contribution in [3.63, 3.8) is 0 Å². The number of nitro groups is 1. The van der Waals surface area contributed by atoms with E-state index in [4.69, 9.17) is 4.74 Å². The highest BCUT2D eigenvalue weighted by molar-refractivity contribution is 8.18. The van der Waals surface area contributed by atoms with Crippen LogP contribution in [0.1, 0.15) is 11.1 Å². The summed E-state index contributed by atoms with van der Waals surface area (Å²) in [5, 5.41) is 21.6. The zero-order valence-corrected chi connectivity index (χ0v) is 15.0. The van der Waals surface area contributed by atoms with Crippen LogP contribution in [-0.2, 0) is 4.79 Å². The number of hydrogen-bond donors (Lipinski definition) is 1. The smallest absolute Gasteiger partial charge is 0.270 e. The molecule has 2 aromatic carbocycles. The molecule has 2 aromatic rings. The van der Waals surface area contributed by atoms with E-state index in [1.54, 1.807) is 25.3 Å². The minimum absolute atomic E-state index is 0.0279. The largest absolute Gasteiger partial charge is 0.497 e. The zero-order valence-electron chi connectivity index (χ0n) is 14.2. The maximum atomic E-state index is 12.0. The highest BCUT2D eigenvalue weighted by Gasteiger charge is 2.23. The van der Waals surface area contributed by atoms with Gasteiger partial charge in [-0.2, -0.15) is 5.10 Å². The molecule has 1 amide bonds. The van der Waals surface area contributed by atoms with E-state index in [0.29, 0.717) is 15.6 Å². The number of nitro benzene ring substituents is 1. The number of methoxy groups -OCH3 is 1. The summed E-state index contributed by atoms with van der Waals surface area (Å²) in [5.41, 5.74) is 1.37. The first-order chi connectivity index (χ1) is 13.0. The standard InChI is InChI=1S/C18H14N4O4S/c1-26-15-7-5-12(6-8-15)10-16-17(23)20-18(27-16)21-19-11-13-3-2-4-14(9-13)22(24)25/h2-11H,1H3,(H,20,21,23)/b16-10+,19-11+. The van der Waals surface area contributed by atoms with E-state index in [1.165, 1.54) is 18.3 Å². The fourth-order valence-corrected chi connectivity index (χ4v) is 2.97. The van der Waals surface area contributed by atoms with E-state index in [0.717, 1.165) is 23.1 Å². The normalized spacial score (nSPS) is 16.9. The molecule has 3 rings (SSSR count). The Labute approximate surface area is 158 Å². The van der Waals surface area contributed by atoms with Crippen molar-refractivity contribution in [1.82, 2.24) is 5.32 Å². The van der Waals surface area contributed by atoms with Gasteiger partial charge in [0, 0.05) is 17.7 Å². The van der Waals surface area contributed by atoms with Crippen molar-refractivity contribution < 1.29 is 14.5 Å². The number of non-ortho nitro benzene ring substituents is 1. The third kappa shape index (κ3) is 4.79. The third-order valence-electron chi connectivity index (χ3n) is 3.50. The molecule has 1 aliphatic heterocycles. The van der Waals surface area contributed by atoms with E-state index in [1.807, 2.05) is 24.3 Å². The number of carbonyl (C=O) groups excluding carboxylic acids is 1. The topological polar surface area (TPSA) is 106 Å². The molecule has 0 aliphatic carbocycles. The average Bonchev–Trinajstić information content (AvgIpc) is 3.02. The fraction of sp³-hybridized carbons (Fsp3) is 0.0556. The van der Waals surface area contributed by atoms with Crippen molar-refractivity contribution in [1.29, 1.82) is 0 Å². The number of benzene rings is 2. The Morgan fingerprint density at radius 1 is 1.19 bits per heavy atom. The molecule has 1 aliphatic rings. The number of thioether (sulfide) groups is 1. The van der Waals surface area contributed by atoms with E-state index in [2.05, 4.69) is 15.5 Å². The van der Waals surface area contributed by atoms with Crippen molar-refractivity contribution >= 4 is 40.8 Å². The second-order valence-corrected chi connectivity index (χ2v) is 6.37. The maximum absolute atomic E-state index is 12.0. The van der Waals surface area contributed by atoms with Crippen LogP contribution in [0.2, 0.25) is 0 Å². The summed E-state index contributed by atoms with van der Waals surface area (Å²) in [4.78, 5) is 22.8. The molecule has 1 heterocycles. The number of hydrogen-bond acceptors (Lipinski definition) is 7. The molecular weight excluding hydrogens is 368 g/mol. The number of amides is 1. The van der Waals surface area contributed by atoms with Gasteiger partial charge in [-0.3, -0.25) is 20.2 Å². The molecule has 9 heteroatoms. The van der Waals surface area contributed by atoms with E-state index in [9.17, 15) is 14.9 Å². The monoisotopic (exact) mass is 382 g/mol. The maximum Gasteiger partial charge on any atom is 0.270 e. The summed E-state index contributed by atoms with van der Waals surface area (Å²) in [6.07, 6.45) is 3.13. The van der Waals surface area contributed by atoms with Crippen LogP contribution in [0.5, 0.6) is 5.75 Å². The first-order valence-electron chi connectivity index (χ1n) is 7.75. The van der Waals surface area contributed by atoms with Gasteiger partial charge in [0.05, 0.1) is 23.2 Å². The van der Waals surface area contributed by atoms with Gasteiger partial charge in [0.15, 0.2) is 5.17 Å². The molecular formula is C18H14N4O4S. The Hall–Kier alpha value is -3.46. The highest BCUT2D eigenvalue weighted by Crippen LogP contribution is 2.26. The molecule has 1 N–H and O–H groups in total. The van der Waals surface area contributed by atoms with Gasteiger partial charge in [-0.1, -0.05) is 24.3 Å². The van der Waals surface area contributed by atoms with E-state index < -0.39 is 4.92 Å². The Balaban J connectivity index is 1.70. The molecule has 0 spiro atoms. The van der Waals surface area contributed by atoms with E-state index in [-0.39, 0.29) is 11.6 Å². The van der Waals surface area contributed by atoms with Crippen LogP contribution < -0.4 is 10.1 Å². The van der Waals surface area contributed by atoms with Crippen molar-refractivity contribution in [2.24, 2.45) is 10.2 Å². The van der Waals surface area contributed by atoms with Crippen molar-refractivity contribution in [3.05, 3.63) is 74.7 Å². The molecule has 0 unspecified atom stereocenters. The number of nitrogens with one attached hydrogen (secondary N) is 1. The lowest BCUT2D eigenvalue weighted by molar-refractivity contribution is -0.384. The fourth-order valence-electron chi connectivity index (χ4n) is 2.19. The number of amidine groups is 1. The lowest BCUT2D eigenvalue weighted by Crippen LogP contribution is -2.19. The van der Waals surface area contributed by atoms with Gasteiger partial charge in [-0.15, -0.1) is 5.10 Å². The lowest BCUT2D eigenvalue weighted by Gasteiger charge is -1.99. The number of nitrogens with zero attached hydrogens (tertiary/aromatic N) is 3. The van der Waals surface area contributed by atoms with Crippen LogP contribution in [0.3, 0.4) is 0 Å². The van der Waals surface area contributed by atoms with E-state index >= 15 is 0 Å². The van der Waals surface area contributed by atoms with Gasteiger partial charge >= 0.3 is 0 Å². The van der Waals surface area contributed by atoms with Gasteiger partial charge < -0.3 is 4.74 Å². The molecule has 0 radical (unpaired) electrons. The first-order valence-corrected chi connectivity index (χ1v) is 8.57. The van der Waals surface area contributed by atoms with Gasteiger partial charge in [0.1, 0.15) is 5.75 Å². The summed E-state index contributed by atoms with van der Waals surface area (Å²) in [5.74, 6) is 0.471. The first kappa shape index (κ1) is 18.3. The average molecular weight is 382 g/mol. The summed E-state index contributed by atoms with van der Waals surface area (Å²) in [7, 11) is 1.59. The van der Waals surface area contributed by atoms with Crippen LogP contribution in [-0.4, -0.2) is 29.3 Å². The van der Waals surface area contributed by atoms with Crippen molar-refractivity contribution in [3.8, 4) is 5.75 Å². The number of ether oxygens (including phenoxy) is 1. The minimum Gasteiger partial charge on any atom is -0.497 e. The molecule has 0 aromatic heterocycles. The van der Waals surface area contributed by atoms with Crippen LogP contribution in [0, 0.1) is 10.1 Å². The van der Waals surface area contributed by atoms with Crippen LogP contribution >= 0.6 is 11.8 Å². The lowest BCUT2D eigenvalue weighted by atomic mass is 10.2. The molecule has 8 nitrogen and oxygen atoms in total. The summed E-state index contributed by atoms with van der Waals surface area (Å²) in [6, 6.07) is 13.3. The Kier molecular flexibility index (Phi) is 5.62. The molecule has 0 bridgehead atoms. The van der Waals surface area contributed by atoms with Crippen LogP contribution in [0.25, 0.3) is 6.08 Å². The second kappa shape index (κ2) is 8.28. The molecule has 0 atom stereocenters. The molecule has 1 saturated heterocycles. The summed E-state index contributed by atoms with van der Waals surface area (Å²) >= 11 is 1.16. The molecule has 1 fully saturated rings. The SMILES string of the molecule is COc1ccc(/C=C2/S/C(=N/N=C/c3cccc([N+](=O)[O-])c3)NC2=O)cc1. The Morgan fingerprint density at radius 2 is 1.96 bits per heavy atom. The zero-order chi connectivity index (χ0) is 19.2. The highest BCUT2D eigenvalue weighted by atomic mass is 32.2. The number of rotatable bonds is 5. The molecule has 27 heavy (non-hydrogen) atoms. The van der Waals surface area contributed by atoms with Crippen molar-refractivity contribution in [2.45, 2.75) is 0 Å². The Bertz CT molecular complexity index is 968. The quantitative estimate of drug-likeness (QED) is 0.370. The summed E-state index contributed by atoms with van der Waals surface area (Å²) in [6.45, 7) is 0. The number of carbonyl (C=O) groups is 1. The third-order valence-corrected chi connectivity index (χ3v) is 4.40. The van der Waals surface area contributed by atoms with Gasteiger partial charge in [-0.25, -0.2) is 0 Å². The second-order valence-electron chi connectivity index (χ2n) is 5.34. The van der Waals surface area contributed by atoms with Crippen LogP contribution in [0.4, 0.5) is 5.69 Å². The van der Waals surface area contributed by atoms with Gasteiger partial charge in [0.2, 0.25) is 0 Å². The summed E-state index contributed by atoms with van der Waals surface area (Å²) < 4.78 is 5.10. The van der Waals surface area contributed by atoms with Crippen molar-refractivity contribution in [2.75, 3.05) is 7.11 Å². The molecule has 0 saturated carbocycles. The Morgan fingerprint density at radius 3 is 2.67 bits per heavy atom. The minimum atomic E-state index is -0.480. The predicted octanol–water partition coefficient (Wildman–Crippen LogP) is 3.20. The predicted molar refractivity (Wildman–Crippen MR) is 105 cm³/mol. The van der Waals surface area contributed by atoms with Gasteiger partial charge in [0.25, 0.3) is 11.6 Å².